The number of piperidine rings is 1. The standard InChI is InChI=1S/C17H23N3O/c1-2-3-12-6-8-20(9-7-12)17(21)15-11-19-16-5-4-13(18)10-14(15)16/h4-5,10-12,19H,2-3,6-9,18H2,1H3. The molecule has 1 fully saturated rings. The van der Waals surface area contributed by atoms with Crippen molar-refractivity contribution in [2.45, 2.75) is 32.6 Å². The molecule has 0 saturated carbocycles. The number of likely N-dealkylation sites (tertiary alicyclic amines) is 1. The van der Waals surface area contributed by atoms with E-state index in [0.29, 0.717) is 5.69 Å². The summed E-state index contributed by atoms with van der Waals surface area (Å²) in [5, 5.41) is 0.927. The monoisotopic (exact) mass is 285 g/mol. The van der Waals surface area contributed by atoms with Crippen molar-refractivity contribution >= 4 is 22.5 Å². The lowest BCUT2D eigenvalue weighted by atomic mass is 9.92. The van der Waals surface area contributed by atoms with Crippen molar-refractivity contribution in [1.82, 2.24) is 9.88 Å². The fourth-order valence-electron chi connectivity index (χ4n) is 3.32. The van der Waals surface area contributed by atoms with Crippen LogP contribution in [0.25, 0.3) is 10.9 Å². The van der Waals surface area contributed by atoms with Crippen LogP contribution in [0.15, 0.2) is 24.4 Å². The molecular formula is C17H23N3O. The highest BCUT2D eigenvalue weighted by Crippen LogP contribution is 2.26. The SMILES string of the molecule is CCCC1CCN(C(=O)c2c[nH]c3ccc(N)cc23)CC1. The molecular weight excluding hydrogens is 262 g/mol. The van der Waals surface area contributed by atoms with Gasteiger partial charge in [-0.3, -0.25) is 4.79 Å². The predicted molar refractivity (Wildman–Crippen MR) is 86.2 cm³/mol. The molecule has 4 nitrogen and oxygen atoms in total. The molecule has 1 amide bonds. The van der Waals surface area contributed by atoms with E-state index in [2.05, 4.69) is 11.9 Å². The second-order valence-corrected chi connectivity index (χ2v) is 6.03. The van der Waals surface area contributed by atoms with Crippen molar-refractivity contribution in [2.75, 3.05) is 18.8 Å². The second kappa shape index (κ2) is 5.80. The molecule has 4 heteroatoms. The fraction of sp³-hybridized carbons (Fsp3) is 0.471. The van der Waals surface area contributed by atoms with E-state index in [-0.39, 0.29) is 5.91 Å². The number of hydrogen-bond donors (Lipinski definition) is 2. The maximum atomic E-state index is 12.7. The maximum absolute atomic E-state index is 12.7. The summed E-state index contributed by atoms with van der Waals surface area (Å²) in [5.41, 5.74) is 8.24. The minimum Gasteiger partial charge on any atom is -0.399 e. The zero-order valence-electron chi connectivity index (χ0n) is 12.6. The van der Waals surface area contributed by atoms with Crippen LogP contribution in [-0.2, 0) is 0 Å². The van der Waals surface area contributed by atoms with Crippen LogP contribution >= 0.6 is 0 Å². The summed E-state index contributed by atoms with van der Waals surface area (Å²) in [6, 6.07) is 5.65. The minimum atomic E-state index is 0.127. The third-order valence-corrected chi connectivity index (χ3v) is 4.53. The molecule has 1 aromatic carbocycles. The zero-order chi connectivity index (χ0) is 14.8. The van der Waals surface area contributed by atoms with Crippen LogP contribution in [0.2, 0.25) is 0 Å². The number of anilines is 1. The van der Waals surface area contributed by atoms with Gasteiger partial charge >= 0.3 is 0 Å². The Hall–Kier alpha value is -1.97. The summed E-state index contributed by atoms with van der Waals surface area (Å²) in [4.78, 5) is 17.9. The van der Waals surface area contributed by atoms with Gasteiger partial charge in [0.1, 0.15) is 0 Å². The molecule has 0 radical (unpaired) electrons. The summed E-state index contributed by atoms with van der Waals surface area (Å²) in [7, 11) is 0. The van der Waals surface area contributed by atoms with Crippen LogP contribution in [0, 0.1) is 5.92 Å². The number of amides is 1. The number of nitrogen functional groups attached to an aromatic ring is 1. The zero-order valence-corrected chi connectivity index (χ0v) is 12.6. The number of H-pyrrole nitrogens is 1. The largest absolute Gasteiger partial charge is 0.399 e. The van der Waals surface area contributed by atoms with Crippen LogP contribution in [0.4, 0.5) is 5.69 Å². The van der Waals surface area contributed by atoms with Crippen LogP contribution < -0.4 is 5.73 Å². The van der Waals surface area contributed by atoms with Crippen molar-refractivity contribution in [3.8, 4) is 0 Å². The average molecular weight is 285 g/mol. The number of aromatic amines is 1. The van der Waals surface area contributed by atoms with E-state index in [4.69, 9.17) is 5.73 Å². The molecule has 0 atom stereocenters. The van der Waals surface area contributed by atoms with Crippen LogP contribution in [-0.4, -0.2) is 28.9 Å². The molecule has 112 valence electrons. The summed E-state index contributed by atoms with van der Waals surface area (Å²) >= 11 is 0. The summed E-state index contributed by atoms with van der Waals surface area (Å²) in [6.07, 6.45) is 6.59. The predicted octanol–water partition coefficient (Wildman–Crippen LogP) is 3.40. The van der Waals surface area contributed by atoms with Gasteiger partial charge in [-0.15, -0.1) is 0 Å². The molecule has 2 heterocycles. The number of carbonyl (C=O) groups excluding carboxylic acids is 1. The molecule has 0 bridgehead atoms. The molecule has 1 aliphatic rings. The van der Waals surface area contributed by atoms with Gasteiger partial charge in [-0.05, 0) is 37.0 Å². The first-order valence-corrected chi connectivity index (χ1v) is 7.85. The molecule has 2 aromatic rings. The minimum absolute atomic E-state index is 0.127. The highest BCUT2D eigenvalue weighted by molar-refractivity contribution is 6.07. The molecule has 1 saturated heterocycles. The molecule has 0 aliphatic carbocycles. The van der Waals surface area contributed by atoms with Gasteiger partial charge in [0.15, 0.2) is 0 Å². The van der Waals surface area contributed by atoms with Crippen LogP contribution in [0.3, 0.4) is 0 Å². The maximum Gasteiger partial charge on any atom is 0.256 e. The normalized spacial score (nSPS) is 16.5. The molecule has 0 spiro atoms. The first kappa shape index (κ1) is 14.0. The Kier molecular flexibility index (Phi) is 3.86. The second-order valence-electron chi connectivity index (χ2n) is 6.03. The first-order chi connectivity index (χ1) is 10.2. The quantitative estimate of drug-likeness (QED) is 0.849. The third kappa shape index (κ3) is 2.75. The van der Waals surface area contributed by atoms with Crippen molar-refractivity contribution in [1.29, 1.82) is 0 Å². The van der Waals surface area contributed by atoms with Gasteiger partial charge < -0.3 is 15.6 Å². The number of fused-ring (bicyclic) bond motifs is 1. The van der Waals surface area contributed by atoms with Gasteiger partial charge in [0.05, 0.1) is 5.56 Å². The average Bonchev–Trinajstić information content (AvgIpc) is 2.90. The molecule has 1 aliphatic heterocycles. The molecule has 3 rings (SSSR count). The van der Waals surface area contributed by atoms with Crippen molar-refractivity contribution in [3.05, 3.63) is 30.0 Å². The highest BCUT2D eigenvalue weighted by Gasteiger charge is 2.24. The van der Waals surface area contributed by atoms with Gasteiger partial charge in [-0.25, -0.2) is 0 Å². The van der Waals surface area contributed by atoms with Crippen molar-refractivity contribution in [2.24, 2.45) is 5.92 Å². The summed E-state index contributed by atoms with van der Waals surface area (Å²) < 4.78 is 0. The Morgan fingerprint density at radius 1 is 1.38 bits per heavy atom. The lowest BCUT2D eigenvalue weighted by molar-refractivity contribution is 0.0688. The number of rotatable bonds is 3. The van der Waals surface area contributed by atoms with Gasteiger partial charge in [0, 0.05) is 35.9 Å². The van der Waals surface area contributed by atoms with Gasteiger partial charge in [0.25, 0.3) is 5.91 Å². The smallest absolute Gasteiger partial charge is 0.256 e. The number of nitrogens with zero attached hydrogens (tertiary/aromatic N) is 1. The summed E-state index contributed by atoms with van der Waals surface area (Å²) in [5.74, 6) is 0.916. The van der Waals surface area contributed by atoms with Crippen LogP contribution in [0.5, 0.6) is 0 Å². The topological polar surface area (TPSA) is 62.1 Å². The number of aromatic nitrogens is 1. The number of hydrogen-bond acceptors (Lipinski definition) is 2. The Labute approximate surface area is 125 Å². The lowest BCUT2D eigenvalue weighted by Crippen LogP contribution is -2.38. The van der Waals surface area contributed by atoms with Crippen LogP contribution in [0.1, 0.15) is 43.0 Å². The third-order valence-electron chi connectivity index (χ3n) is 4.53. The lowest BCUT2D eigenvalue weighted by Gasteiger charge is -2.31. The van der Waals surface area contributed by atoms with Gasteiger partial charge in [-0.1, -0.05) is 19.8 Å². The Bertz CT molecular complexity index is 639. The fourth-order valence-corrected chi connectivity index (χ4v) is 3.32. The molecule has 21 heavy (non-hydrogen) atoms. The van der Waals surface area contributed by atoms with E-state index in [1.54, 1.807) is 0 Å². The van der Waals surface area contributed by atoms with E-state index in [0.717, 1.165) is 48.3 Å². The van der Waals surface area contributed by atoms with Gasteiger partial charge in [-0.2, -0.15) is 0 Å². The van der Waals surface area contributed by atoms with Crippen molar-refractivity contribution in [3.63, 3.8) is 0 Å². The van der Waals surface area contributed by atoms with E-state index in [1.807, 2.05) is 29.3 Å². The first-order valence-electron chi connectivity index (χ1n) is 7.85. The van der Waals surface area contributed by atoms with Gasteiger partial charge in [0.2, 0.25) is 0 Å². The van der Waals surface area contributed by atoms with E-state index in [9.17, 15) is 4.79 Å². The number of nitrogens with one attached hydrogen (secondary N) is 1. The molecule has 0 unspecified atom stereocenters. The summed E-state index contributed by atoms with van der Waals surface area (Å²) in [6.45, 7) is 3.98. The number of benzene rings is 1. The highest BCUT2D eigenvalue weighted by atomic mass is 16.2. The van der Waals surface area contributed by atoms with E-state index >= 15 is 0 Å². The molecule has 3 N–H and O–H groups in total. The molecule has 1 aromatic heterocycles. The van der Waals surface area contributed by atoms with Crippen molar-refractivity contribution < 1.29 is 4.79 Å². The Balaban J connectivity index is 1.77. The Morgan fingerprint density at radius 3 is 2.86 bits per heavy atom. The van der Waals surface area contributed by atoms with E-state index in [1.165, 1.54) is 12.8 Å². The number of nitrogens with two attached hydrogens (primary N) is 1. The number of carbonyl (C=O) groups is 1. The van der Waals surface area contributed by atoms with E-state index < -0.39 is 0 Å². The Morgan fingerprint density at radius 2 is 2.14 bits per heavy atom.